The third kappa shape index (κ3) is 1.07. The average Bonchev–Trinajstić information content (AvgIpc) is 2.82. The van der Waals surface area contributed by atoms with Crippen molar-refractivity contribution in [1.29, 1.82) is 0 Å². The van der Waals surface area contributed by atoms with E-state index in [0.717, 1.165) is 23.7 Å². The van der Waals surface area contributed by atoms with Crippen LogP contribution in [-0.4, -0.2) is 26.5 Å². The molecule has 4 aliphatic rings. The summed E-state index contributed by atoms with van der Waals surface area (Å²) in [5.41, 5.74) is 0. The fourth-order valence-electron chi connectivity index (χ4n) is 4.77. The molecule has 3 nitrogen and oxygen atoms in total. The van der Waals surface area contributed by atoms with Crippen LogP contribution in [0.1, 0.15) is 12.8 Å². The largest absolute Gasteiger partial charge is 0.412 e. The van der Waals surface area contributed by atoms with Crippen molar-refractivity contribution in [3.63, 3.8) is 0 Å². The van der Waals surface area contributed by atoms with E-state index in [1.54, 1.807) is 0 Å². The molecule has 4 rings (SSSR count). The third-order valence-electron chi connectivity index (χ3n) is 5.05. The highest BCUT2D eigenvalue weighted by Gasteiger charge is 2.67. The van der Waals surface area contributed by atoms with Crippen LogP contribution < -0.4 is 0 Å². The number of azo groups is 1. The zero-order chi connectivity index (χ0) is 11.1. The maximum absolute atomic E-state index is 6.42. The quantitative estimate of drug-likeness (QED) is 0.679. The lowest BCUT2D eigenvalue weighted by Crippen LogP contribution is -2.38. The number of rotatable bonds is 2. The Balaban J connectivity index is 1.68. The number of hydrogen-bond acceptors (Lipinski definition) is 3. The Morgan fingerprint density at radius 1 is 1.00 bits per heavy atom. The molecule has 3 aliphatic carbocycles. The fraction of sp³-hybridized carbons (Fsp3) is 1.00. The van der Waals surface area contributed by atoms with E-state index >= 15 is 0 Å². The van der Waals surface area contributed by atoms with E-state index < -0.39 is 8.32 Å². The number of nitrogens with zero attached hydrogens (tertiary/aromatic N) is 2. The average molecular weight is 236 g/mol. The van der Waals surface area contributed by atoms with Gasteiger partial charge in [0.05, 0.1) is 12.1 Å². The Labute approximate surface area is 97.8 Å². The van der Waals surface area contributed by atoms with Crippen LogP contribution in [0.25, 0.3) is 0 Å². The lowest BCUT2D eigenvalue weighted by atomic mass is 9.85. The van der Waals surface area contributed by atoms with Gasteiger partial charge in [-0.15, -0.1) is 0 Å². The molecule has 0 aromatic heterocycles. The number of fused-ring (bicyclic) bond motifs is 2. The molecule has 0 N–H and O–H groups in total. The van der Waals surface area contributed by atoms with Crippen molar-refractivity contribution < 1.29 is 4.43 Å². The fourth-order valence-corrected chi connectivity index (χ4v) is 5.90. The second-order valence-corrected chi connectivity index (χ2v) is 11.5. The highest BCUT2D eigenvalue weighted by atomic mass is 28.4. The normalized spacial score (nSPS) is 56.6. The standard InChI is InChI=1S/C12H20N2OSi/c1-16(2,3)15-12-8-5-6-4-7(8)9-10(6)13-14-11(9)12/h6-12H,4-5H2,1-3H3/t6-,7+,8-,9-,10+,11+,12-/m1/s1. The predicted octanol–water partition coefficient (Wildman–Crippen LogP) is 2.70. The molecule has 2 bridgehead atoms. The maximum atomic E-state index is 6.42. The summed E-state index contributed by atoms with van der Waals surface area (Å²) in [7, 11) is -1.43. The molecule has 0 unspecified atom stereocenters. The van der Waals surface area contributed by atoms with Crippen molar-refractivity contribution in [2.75, 3.05) is 0 Å². The smallest absolute Gasteiger partial charge is 0.184 e. The molecule has 1 heterocycles. The maximum Gasteiger partial charge on any atom is 0.184 e. The van der Waals surface area contributed by atoms with E-state index in [-0.39, 0.29) is 0 Å². The molecular weight excluding hydrogens is 216 g/mol. The minimum atomic E-state index is -1.43. The lowest BCUT2D eigenvalue weighted by Gasteiger charge is -2.29. The third-order valence-corrected chi connectivity index (χ3v) is 6.03. The van der Waals surface area contributed by atoms with Crippen molar-refractivity contribution in [3.8, 4) is 0 Å². The van der Waals surface area contributed by atoms with Gasteiger partial charge in [-0.05, 0) is 50.2 Å². The zero-order valence-corrected chi connectivity index (χ0v) is 11.3. The Kier molecular flexibility index (Phi) is 1.70. The van der Waals surface area contributed by atoms with Gasteiger partial charge in [-0.2, -0.15) is 10.2 Å². The van der Waals surface area contributed by atoms with E-state index in [0.29, 0.717) is 18.2 Å². The van der Waals surface area contributed by atoms with Gasteiger partial charge in [0.25, 0.3) is 0 Å². The molecule has 3 saturated carbocycles. The summed E-state index contributed by atoms with van der Waals surface area (Å²) in [5, 5.41) is 9.09. The monoisotopic (exact) mass is 236 g/mol. The van der Waals surface area contributed by atoms with Gasteiger partial charge in [0, 0.05) is 5.92 Å². The van der Waals surface area contributed by atoms with Crippen LogP contribution in [0.5, 0.6) is 0 Å². The van der Waals surface area contributed by atoms with Crippen molar-refractivity contribution in [3.05, 3.63) is 0 Å². The summed E-state index contributed by atoms with van der Waals surface area (Å²) in [6.07, 6.45) is 3.21. The molecule has 1 aliphatic heterocycles. The van der Waals surface area contributed by atoms with Gasteiger partial charge in [0.15, 0.2) is 8.32 Å². The van der Waals surface area contributed by atoms with Gasteiger partial charge in [-0.1, -0.05) is 0 Å². The minimum absolute atomic E-state index is 0.419. The van der Waals surface area contributed by atoms with Crippen molar-refractivity contribution in [1.82, 2.24) is 0 Å². The Morgan fingerprint density at radius 3 is 2.44 bits per heavy atom. The summed E-state index contributed by atoms with van der Waals surface area (Å²) in [4.78, 5) is 0. The van der Waals surface area contributed by atoms with Crippen molar-refractivity contribution in [2.45, 2.75) is 50.7 Å². The van der Waals surface area contributed by atoms with Crippen LogP contribution in [0.2, 0.25) is 19.6 Å². The second-order valence-electron chi connectivity index (χ2n) is 7.04. The van der Waals surface area contributed by atoms with Crippen LogP contribution >= 0.6 is 0 Å². The Morgan fingerprint density at radius 2 is 1.69 bits per heavy atom. The highest BCUT2D eigenvalue weighted by Crippen LogP contribution is 2.64. The first-order valence-corrected chi connectivity index (χ1v) is 10.0. The minimum Gasteiger partial charge on any atom is -0.412 e. The first-order valence-electron chi connectivity index (χ1n) is 6.62. The van der Waals surface area contributed by atoms with Gasteiger partial charge in [0.1, 0.15) is 6.04 Å². The van der Waals surface area contributed by atoms with Gasteiger partial charge in [-0.25, -0.2) is 0 Å². The molecule has 0 saturated heterocycles. The van der Waals surface area contributed by atoms with E-state index in [1.807, 2.05) is 0 Å². The summed E-state index contributed by atoms with van der Waals surface area (Å²) in [6, 6.07) is 1.01. The van der Waals surface area contributed by atoms with E-state index in [2.05, 4.69) is 29.9 Å². The molecule has 7 atom stereocenters. The molecule has 0 aromatic rings. The van der Waals surface area contributed by atoms with Crippen molar-refractivity contribution >= 4 is 8.32 Å². The molecule has 88 valence electrons. The number of hydrogen-bond donors (Lipinski definition) is 0. The molecule has 0 aromatic carbocycles. The summed E-state index contributed by atoms with van der Waals surface area (Å²) in [6.45, 7) is 6.88. The van der Waals surface area contributed by atoms with Crippen LogP contribution in [0.15, 0.2) is 10.2 Å². The molecule has 16 heavy (non-hydrogen) atoms. The van der Waals surface area contributed by atoms with Gasteiger partial charge in [-0.3, -0.25) is 0 Å². The summed E-state index contributed by atoms with van der Waals surface area (Å²) >= 11 is 0. The van der Waals surface area contributed by atoms with E-state index in [9.17, 15) is 0 Å². The Hall–Kier alpha value is -0.223. The SMILES string of the molecule is C[Si](C)(C)O[C@@H]1[C@@H]2C[C@H]3C[C@@H]2[C@H]2[C@@H]1N=N[C@@H]32. The molecule has 3 fully saturated rings. The summed E-state index contributed by atoms with van der Waals surface area (Å²) in [5.74, 6) is 3.34. The molecular formula is C12H20N2OSi. The van der Waals surface area contributed by atoms with Crippen LogP contribution in [0.3, 0.4) is 0 Å². The topological polar surface area (TPSA) is 34.0 Å². The van der Waals surface area contributed by atoms with E-state index in [1.165, 1.54) is 12.8 Å². The van der Waals surface area contributed by atoms with E-state index in [4.69, 9.17) is 4.43 Å². The van der Waals surface area contributed by atoms with Gasteiger partial charge in [0.2, 0.25) is 0 Å². The van der Waals surface area contributed by atoms with Crippen LogP contribution in [0, 0.1) is 23.7 Å². The Bertz CT molecular complexity index is 365. The second kappa shape index (κ2) is 2.78. The molecule has 4 heteroatoms. The van der Waals surface area contributed by atoms with Crippen LogP contribution in [0.4, 0.5) is 0 Å². The first kappa shape index (κ1) is 9.77. The predicted molar refractivity (Wildman–Crippen MR) is 63.8 cm³/mol. The summed E-state index contributed by atoms with van der Waals surface area (Å²) < 4.78 is 6.42. The molecule has 0 spiro atoms. The molecule has 0 amide bonds. The first-order chi connectivity index (χ1) is 7.54. The van der Waals surface area contributed by atoms with Gasteiger partial charge >= 0.3 is 0 Å². The molecule has 0 radical (unpaired) electrons. The lowest BCUT2D eigenvalue weighted by molar-refractivity contribution is 0.126. The van der Waals surface area contributed by atoms with Crippen LogP contribution in [-0.2, 0) is 4.43 Å². The zero-order valence-electron chi connectivity index (χ0n) is 10.3. The van der Waals surface area contributed by atoms with Gasteiger partial charge < -0.3 is 4.43 Å². The van der Waals surface area contributed by atoms with Crippen molar-refractivity contribution in [2.24, 2.45) is 33.9 Å². The highest BCUT2D eigenvalue weighted by molar-refractivity contribution is 6.69.